The van der Waals surface area contributed by atoms with Crippen LogP contribution in [0.15, 0.2) is 30.6 Å². The molecule has 3 N–H and O–H groups in total. The number of rotatable bonds is 7. The number of ether oxygens (including phenoxy) is 1. The first-order valence-electron chi connectivity index (χ1n) is 10.1. The zero-order valence-electron chi connectivity index (χ0n) is 18.2. The van der Waals surface area contributed by atoms with Crippen LogP contribution in [-0.2, 0) is 0 Å². The fourth-order valence-electron chi connectivity index (χ4n) is 4.35. The third kappa shape index (κ3) is 5.15. The highest BCUT2D eigenvalue weighted by Gasteiger charge is 2.38. The fourth-order valence-corrected chi connectivity index (χ4v) is 4.35. The van der Waals surface area contributed by atoms with Crippen LogP contribution in [0.2, 0.25) is 0 Å². The largest absolute Gasteiger partial charge is 0.492 e. The molecule has 0 radical (unpaired) electrons. The number of piperidine rings is 1. The van der Waals surface area contributed by atoms with Crippen LogP contribution in [0.3, 0.4) is 0 Å². The molecule has 3 rings (SSSR count). The van der Waals surface area contributed by atoms with Gasteiger partial charge in [0.05, 0.1) is 17.2 Å². The molecule has 1 aromatic carbocycles. The van der Waals surface area contributed by atoms with E-state index in [2.05, 4.69) is 53.6 Å². The lowest BCUT2D eigenvalue weighted by molar-refractivity contribution is -0.383. The number of aromatic nitrogens is 2. The number of hydrogen-bond donors (Lipinski definition) is 3. The summed E-state index contributed by atoms with van der Waals surface area (Å²) in [4.78, 5) is 19.8. The van der Waals surface area contributed by atoms with Crippen molar-refractivity contribution in [1.82, 2.24) is 15.3 Å². The Morgan fingerprint density at radius 2 is 1.80 bits per heavy atom. The van der Waals surface area contributed by atoms with Crippen molar-refractivity contribution in [2.24, 2.45) is 0 Å². The van der Waals surface area contributed by atoms with Crippen molar-refractivity contribution in [2.45, 2.75) is 64.6 Å². The normalized spacial score (nSPS) is 17.9. The molecule has 162 valence electrons. The summed E-state index contributed by atoms with van der Waals surface area (Å²) in [7, 11) is 0. The van der Waals surface area contributed by atoms with Gasteiger partial charge in [-0.2, -0.15) is 0 Å². The molecule has 0 unspecified atom stereocenters. The van der Waals surface area contributed by atoms with Crippen molar-refractivity contribution in [3.63, 3.8) is 0 Å². The monoisotopic (exact) mass is 414 g/mol. The van der Waals surface area contributed by atoms with E-state index in [-0.39, 0.29) is 34.4 Å². The molecule has 1 aliphatic heterocycles. The van der Waals surface area contributed by atoms with E-state index in [4.69, 9.17) is 4.74 Å². The molecule has 0 aliphatic carbocycles. The van der Waals surface area contributed by atoms with Crippen molar-refractivity contribution < 1.29 is 9.66 Å². The van der Waals surface area contributed by atoms with Crippen LogP contribution in [0.1, 0.15) is 47.5 Å². The van der Waals surface area contributed by atoms with Gasteiger partial charge in [0, 0.05) is 17.1 Å². The Hall–Kier alpha value is -2.94. The Kier molecular flexibility index (Phi) is 6.12. The summed E-state index contributed by atoms with van der Waals surface area (Å²) < 4.78 is 5.61. The number of nitrogens with zero attached hydrogens (tertiary/aromatic N) is 3. The minimum Gasteiger partial charge on any atom is -0.492 e. The van der Waals surface area contributed by atoms with E-state index in [1.807, 2.05) is 19.1 Å². The quantitative estimate of drug-likeness (QED) is 0.455. The van der Waals surface area contributed by atoms with Gasteiger partial charge in [0.2, 0.25) is 11.6 Å². The Balaban J connectivity index is 1.91. The van der Waals surface area contributed by atoms with Crippen molar-refractivity contribution in [3.8, 4) is 5.75 Å². The maximum Gasteiger partial charge on any atom is 0.353 e. The highest BCUT2D eigenvalue weighted by Crippen LogP contribution is 2.36. The third-order valence-corrected chi connectivity index (χ3v) is 4.98. The van der Waals surface area contributed by atoms with Crippen molar-refractivity contribution >= 4 is 23.0 Å². The SMILES string of the molecule is CCOc1ccccc1Nc1ncnc(NC2CC(C)(C)NC(C)(C)C2)c1[N+](=O)[O-]. The first-order valence-corrected chi connectivity index (χ1v) is 10.1. The van der Waals surface area contributed by atoms with Crippen LogP contribution >= 0.6 is 0 Å². The minimum atomic E-state index is -0.453. The number of benzene rings is 1. The molecule has 30 heavy (non-hydrogen) atoms. The number of nitrogens with one attached hydrogen (secondary N) is 3. The van der Waals surface area contributed by atoms with Gasteiger partial charge in [-0.3, -0.25) is 10.1 Å². The summed E-state index contributed by atoms with van der Waals surface area (Å²) in [5, 5.41) is 21.9. The van der Waals surface area contributed by atoms with Crippen LogP contribution < -0.4 is 20.7 Å². The Bertz CT molecular complexity index is 899. The maximum absolute atomic E-state index is 11.9. The zero-order chi connectivity index (χ0) is 21.9. The summed E-state index contributed by atoms with van der Waals surface area (Å²) in [5.41, 5.74) is 0.228. The van der Waals surface area contributed by atoms with E-state index in [0.29, 0.717) is 18.0 Å². The van der Waals surface area contributed by atoms with E-state index < -0.39 is 4.92 Å². The van der Waals surface area contributed by atoms with Crippen LogP contribution in [0.5, 0.6) is 5.75 Å². The molecule has 0 atom stereocenters. The molecule has 9 nitrogen and oxygen atoms in total. The van der Waals surface area contributed by atoms with Crippen molar-refractivity contribution in [2.75, 3.05) is 17.2 Å². The molecule has 9 heteroatoms. The predicted octanol–water partition coefficient (Wildman–Crippen LogP) is 4.25. The molecule has 1 aromatic heterocycles. The lowest BCUT2D eigenvalue weighted by Gasteiger charge is -2.46. The van der Waals surface area contributed by atoms with Crippen LogP contribution in [-0.4, -0.2) is 38.6 Å². The lowest BCUT2D eigenvalue weighted by Crippen LogP contribution is -2.60. The fraction of sp³-hybridized carbons (Fsp3) is 0.524. The Morgan fingerprint density at radius 3 is 2.43 bits per heavy atom. The second-order valence-corrected chi connectivity index (χ2v) is 8.87. The number of nitro groups is 1. The third-order valence-electron chi connectivity index (χ3n) is 4.98. The molecule has 0 saturated carbocycles. The molecular weight excluding hydrogens is 384 g/mol. The number of anilines is 3. The lowest BCUT2D eigenvalue weighted by atomic mass is 9.79. The smallest absolute Gasteiger partial charge is 0.353 e. The van der Waals surface area contributed by atoms with Crippen LogP contribution in [0, 0.1) is 10.1 Å². The molecule has 0 amide bonds. The van der Waals surface area contributed by atoms with Crippen molar-refractivity contribution in [1.29, 1.82) is 0 Å². The standard InChI is InChI=1S/C21H30N6O3/c1-6-30-16-10-8-7-9-15(16)25-19-17(27(28)29)18(22-13-23-19)24-14-11-20(2,3)26-21(4,5)12-14/h7-10,13-14,26H,6,11-12H2,1-5H3,(H2,22,23,24,25). The molecule has 0 spiro atoms. The summed E-state index contributed by atoms with van der Waals surface area (Å²) in [6.07, 6.45) is 2.96. The average molecular weight is 415 g/mol. The van der Waals surface area contributed by atoms with Gasteiger partial charge in [0.1, 0.15) is 12.1 Å². The van der Waals surface area contributed by atoms with Gasteiger partial charge in [0.15, 0.2) is 0 Å². The topological polar surface area (TPSA) is 114 Å². The van der Waals surface area contributed by atoms with Gasteiger partial charge in [-0.05, 0) is 59.6 Å². The average Bonchev–Trinajstić information content (AvgIpc) is 2.61. The minimum absolute atomic E-state index is 0.0356. The first kappa shape index (κ1) is 21.8. The summed E-state index contributed by atoms with van der Waals surface area (Å²) in [5.74, 6) is 0.936. The number of para-hydroxylation sites is 2. The molecule has 2 aromatic rings. The van der Waals surface area contributed by atoms with E-state index in [0.717, 1.165) is 12.8 Å². The first-order chi connectivity index (χ1) is 14.1. The van der Waals surface area contributed by atoms with Gasteiger partial charge in [0.25, 0.3) is 0 Å². The molecule has 1 aliphatic rings. The second-order valence-electron chi connectivity index (χ2n) is 8.87. The van der Waals surface area contributed by atoms with E-state index in [1.54, 1.807) is 12.1 Å². The summed E-state index contributed by atoms with van der Waals surface area (Å²) >= 11 is 0. The van der Waals surface area contributed by atoms with Gasteiger partial charge in [-0.15, -0.1) is 0 Å². The molecule has 1 saturated heterocycles. The van der Waals surface area contributed by atoms with Gasteiger partial charge in [-0.25, -0.2) is 9.97 Å². The van der Waals surface area contributed by atoms with E-state index in [1.165, 1.54) is 6.33 Å². The highest BCUT2D eigenvalue weighted by molar-refractivity contribution is 5.76. The zero-order valence-corrected chi connectivity index (χ0v) is 18.2. The Labute approximate surface area is 176 Å². The van der Waals surface area contributed by atoms with E-state index in [9.17, 15) is 10.1 Å². The summed E-state index contributed by atoms with van der Waals surface area (Å²) in [6.45, 7) is 10.9. The van der Waals surface area contributed by atoms with Crippen LogP contribution in [0.25, 0.3) is 0 Å². The molecule has 2 heterocycles. The molecule has 0 bridgehead atoms. The molecular formula is C21H30N6O3. The second kappa shape index (κ2) is 8.43. The predicted molar refractivity (Wildman–Crippen MR) is 118 cm³/mol. The highest BCUT2D eigenvalue weighted by atomic mass is 16.6. The number of hydrogen-bond acceptors (Lipinski definition) is 8. The molecule has 1 fully saturated rings. The van der Waals surface area contributed by atoms with Crippen molar-refractivity contribution in [3.05, 3.63) is 40.7 Å². The van der Waals surface area contributed by atoms with Gasteiger partial charge >= 0.3 is 5.69 Å². The van der Waals surface area contributed by atoms with Crippen LogP contribution in [0.4, 0.5) is 23.0 Å². The maximum atomic E-state index is 11.9. The van der Waals surface area contributed by atoms with Gasteiger partial charge < -0.3 is 20.7 Å². The Morgan fingerprint density at radius 1 is 1.17 bits per heavy atom. The van der Waals surface area contributed by atoms with Gasteiger partial charge in [-0.1, -0.05) is 12.1 Å². The van der Waals surface area contributed by atoms with E-state index >= 15 is 0 Å². The summed E-state index contributed by atoms with van der Waals surface area (Å²) in [6, 6.07) is 7.31.